The van der Waals surface area contributed by atoms with Gasteiger partial charge in [0.05, 0.1) is 17.8 Å². The summed E-state index contributed by atoms with van der Waals surface area (Å²) in [7, 11) is 4.08. The smallest absolute Gasteiger partial charge is 0.416 e. The third-order valence-electron chi connectivity index (χ3n) is 8.53. The molecule has 0 radical (unpaired) electrons. The van der Waals surface area contributed by atoms with Crippen LogP contribution in [0.3, 0.4) is 0 Å². The fourth-order valence-electron chi connectivity index (χ4n) is 6.06. The first-order valence-electron chi connectivity index (χ1n) is 14.5. The van der Waals surface area contributed by atoms with Gasteiger partial charge in [-0.15, -0.1) is 0 Å². The number of nitrogens with zero attached hydrogens (tertiary/aromatic N) is 3. The molecule has 2 N–H and O–H groups in total. The fraction of sp³-hybridized carbons (Fsp3) is 0.484. The summed E-state index contributed by atoms with van der Waals surface area (Å²) in [6.45, 7) is 3.73. The van der Waals surface area contributed by atoms with Crippen molar-refractivity contribution >= 4 is 5.70 Å². The molecule has 1 saturated heterocycles. The lowest BCUT2D eigenvalue weighted by atomic mass is 9.93. The van der Waals surface area contributed by atoms with E-state index < -0.39 is 42.2 Å². The number of benzene rings is 2. The lowest BCUT2D eigenvalue weighted by Gasteiger charge is -2.47. The number of rotatable bonds is 5. The van der Waals surface area contributed by atoms with Gasteiger partial charge in [-0.25, -0.2) is 0 Å². The number of halogens is 6. The summed E-state index contributed by atoms with van der Waals surface area (Å²) < 4.78 is 88.7. The van der Waals surface area contributed by atoms with Crippen molar-refractivity contribution in [2.75, 3.05) is 40.4 Å². The van der Waals surface area contributed by atoms with Gasteiger partial charge in [-0.3, -0.25) is 10.2 Å². The van der Waals surface area contributed by atoms with Crippen molar-refractivity contribution in [3.8, 4) is 0 Å². The summed E-state index contributed by atoms with van der Waals surface area (Å²) >= 11 is 0. The van der Waals surface area contributed by atoms with Crippen molar-refractivity contribution in [1.82, 2.24) is 25.5 Å². The number of piperidine rings is 1. The molecule has 2 aromatic carbocycles. The van der Waals surface area contributed by atoms with Crippen LogP contribution in [0.15, 0.2) is 60.0 Å². The van der Waals surface area contributed by atoms with Crippen LogP contribution in [-0.4, -0.2) is 73.6 Å². The molecule has 0 spiro atoms. The minimum atomic E-state index is -5.00. The molecule has 0 saturated carbocycles. The van der Waals surface area contributed by atoms with Crippen LogP contribution in [0.4, 0.5) is 26.3 Å². The average Bonchev–Trinajstić information content (AvgIpc) is 2.97. The highest BCUT2D eigenvalue weighted by Crippen LogP contribution is 2.39. The van der Waals surface area contributed by atoms with Crippen molar-refractivity contribution in [2.45, 2.75) is 56.9 Å². The predicted octanol–water partition coefficient (Wildman–Crippen LogP) is 5.53. The largest absolute Gasteiger partial charge is 0.758 e. The Morgan fingerprint density at radius 1 is 0.977 bits per heavy atom. The molecule has 3 aliphatic heterocycles. The first kappa shape index (κ1) is 32.1. The van der Waals surface area contributed by atoms with Gasteiger partial charge in [0.15, 0.2) is 12.1 Å². The van der Waals surface area contributed by atoms with Gasteiger partial charge >= 0.3 is 12.4 Å². The minimum Gasteiger partial charge on any atom is -0.758 e. The Labute approximate surface area is 252 Å². The molecule has 3 aliphatic rings. The molecule has 44 heavy (non-hydrogen) atoms. The molecule has 0 amide bonds. The van der Waals surface area contributed by atoms with E-state index in [1.165, 1.54) is 0 Å². The van der Waals surface area contributed by atoms with E-state index in [0.717, 1.165) is 23.5 Å². The van der Waals surface area contributed by atoms with E-state index in [-0.39, 0.29) is 23.9 Å². The SMILES string of the molecule is Cc1ccccc1/C1=C/C(N2CCC(N(C)C)CC2)OC2=C(CNCN2)C(Cc2cc(C(F)(F)F)cc(C(F)(F)F)c2)N1[O-]. The van der Waals surface area contributed by atoms with Crippen molar-refractivity contribution in [2.24, 2.45) is 0 Å². The Kier molecular flexibility index (Phi) is 9.22. The summed E-state index contributed by atoms with van der Waals surface area (Å²) in [5, 5.41) is 21.4. The molecule has 1 fully saturated rings. The molecule has 0 bridgehead atoms. The second-order valence-electron chi connectivity index (χ2n) is 11.7. The van der Waals surface area contributed by atoms with Crippen LogP contribution in [0, 0.1) is 12.1 Å². The second kappa shape index (κ2) is 12.6. The summed E-state index contributed by atoms with van der Waals surface area (Å²) in [6, 6.07) is 7.92. The Balaban J connectivity index is 1.60. The Bertz CT molecular complexity index is 1370. The van der Waals surface area contributed by atoms with Gasteiger partial charge in [-0.2, -0.15) is 26.3 Å². The van der Waals surface area contributed by atoms with Crippen molar-refractivity contribution in [3.05, 3.63) is 93.0 Å². The van der Waals surface area contributed by atoms with Crippen LogP contribution >= 0.6 is 0 Å². The first-order valence-corrected chi connectivity index (χ1v) is 14.5. The Morgan fingerprint density at radius 3 is 2.20 bits per heavy atom. The molecule has 0 aromatic heterocycles. The zero-order valence-corrected chi connectivity index (χ0v) is 24.7. The summed E-state index contributed by atoms with van der Waals surface area (Å²) in [5.74, 6) is 0.303. The van der Waals surface area contributed by atoms with E-state index in [9.17, 15) is 31.5 Å². The standard InChI is InChI=1S/C31H36F6N5O2/c1-19-6-4-5-7-24(19)27-16-28(41-10-8-23(9-11-41)40(2)3)44-29-25(17-38-18-39-29)26(42(27)43)14-20-12-21(30(32,33)34)15-22(13-20)31(35,36)37/h4-7,12-13,15-16,23,26,28,38-39H,8-11,14,17-18H2,1-3H3/q-1/b27-16-. The quantitative estimate of drug-likeness (QED) is 0.425. The average molecular weight is 625 g/mol. The lowest BCUT2D eigenvalue weighted by molar-refractivity contribution is -0.143. The summed E-state index contributed by atoms with van der Waals surface area (Å²) in [6.07, 6.45) is -7.55. The van der Waals surface area contributed by atoms with E-state index in [1.807, 2.05) is 33.2 Å². The molecule has 240 valence electrons. The van der Waals surface area contributed by atoms with E-state index in [2.05, 4.69) is 20.4 Å². The molecule has 7 nitrogen and oxygen atoms in total. The highest BCUT2D eigenvalue weighted by Gasteiger charge is 2.38. The number of likely N-dealkylation sites (tertiary alicyclic amines) is 1. The van der Waals surface area contributed by atoms with Gasteiger partial charge in [0.25, 0.3) is 0 Å². The van der Waals surface area contributed by atoms with Gasteiger partial charge in [-0.1, -0.05) is 24.3 Å². The number of hydrogen-bond acceptors (Lipinski definition) is 7. The van der Waals surface area contributed by atoms with Crippen molar-refractivity contribution in [1.29, 1.82) is 0 Å². The van der Waals surface area contributed by atoms with Crippen LogP contribution in [0.25, 0.3) is 5.70 Å². The van der Waals surface area contributed by atoms with E-state index >= 15 is 0 Å². The van der Waals surface area contributed by atoms with E-state index in [0.29, 0.717) is 55.0 Å². The summed E-state index contributed by atoms with van der Waals surface area (Å²) in [4.78, 5) is 4.32. The van der Waals surface area contributed by atoms with E-state index in [4.69, 9.17) is 4.74 Å². The minimum absolute atomic E-state index is 0.0941. The van der Waals surface area contributed by atoms with Crippen molar-refractivity contribution in [3.63, 3.8) is 0 Å². The maximum absolute atomic E-state index is 14.5. The first-order chi connectivity index (χ1) is 20.7. The van der Waals surface area contributed by atoms with Crippen LogP contribution in [0.1, 0.15) is 40.7 Å². The molecule has 2 unspecified atom stereocenters. The molecular weight excluding hydrogens is 588 g/mol. The van der Waals surface area contributed by atoms with Crippen LogP contribution in [0.5, 0.6) is 0 Å². The Hall–Kier alpha value is -3.26. The van der Waals surface area contributed by atoms with Crippen LogP contribution in [-0.2, 0) is 23.5 Å². The molecule has 2 aromatic rings. The fourth-order valence-corrected chi connectivity index (χ4v) is 6.06. The third kappa shape index (κ3) is 7.01. The molecular formula is C31H36F6N5O2-. The number of alkyl halides is 6. The van der Waals surface area contributed by atoms with Crippen molar-refractivity contribution < 1.29 is 31.1 Å². The van der Waals surface area contributed by atoms with Crippen LogP contribution in [0.2, 0.25) is 0 Å². The van der Waals surface area contributed by atoms with Gasteiger partial charge in [0.2, 0.25) is 0 Å². The Morgan fingerprint density at radius 2 is 1.61 bits per heavy atom. The highest BCUT2D eigenvalue weighted by atomic mass is 19.4. The highest BCUT2D eigenvalue weighted by molar-refractivity contribution is 5.68. The van der Waals surface area contributed by atoms with E-state index in [1.54, 1.807) is 18.2 Å². The molecule has 0 aliphatic carbocycles. The zero-order valence-electron chi connectivity index (χ0n) is 24.7. The maximum atomic E-state index is 14.5. The third-order valence-corrected chi connectivity index (χ3v) is 8.53. The zero-order chi connectivity index (χ0) is 31.8. The monoisotopic (exact) mass is 624 g/mol. The molecule has 5 rings (SSSR count). The van der Waals surface area contributed by atoms with Gasteiger partial charge in [-0.05, 0) is 81.2 Å². The second-order valence-corrected chi connectivity index (χ2v) is 11.7. The van der Waals surface area contributed by atoms with Crippen LogP contribution < -0.4 is 10.6 Å². The summed E-state index contributed by atoms with van der Waals surface area (Å²) in [5.41, 5.74) is -1.06. The normalized spacial score (nSPS) is 23.8. The topological polar surface area (TPSA) is 66.1 Å². The lowest BCUT2D eigenvalue weighted by Crippen LogP contribution is -2.51. The number of nitrogens with one attached hydrogen (secondary N) is 2. The maximum Gasteiger partial charge on any atom is 0.416 e. The van der Waals surface area contributed by atoms with Gasteiger partial charge in [0.1, 0.15) is 0 Å². The molecule has 2 atom stereocenters. The molecule has 3 heterocycles. The number of hydrogen-bond donors (Lipinski definition) is 2. The van der Waals surface area contributed by atoms with Gasteiger partial charge in [0, 0.05) is 43.0 Å². The van der Waals surface area contributed by atoms with Gasteiger partial charge < -0.3 is 25.2 Å². The predicted molar refractivity (Wildman–Crippen MR) is 154 cm³/mol. The number of aryl methyl sites for hydroxylation is 1. The number of ether oxygens (including phenoxy) is 1. The molecule has 13 heteroatoms. The number of hydroxylamine groups is 2.